The quantitative estimate of drug-likeness (QED) is 0.452. The van der Waals surface area contributed by atoms with Crippen LogP contribution in [0.25, 0.3) is 22.3 Å². The fraction of sp³-hybridized carbons (Fsp3) is 0.542. The predicted molar refractivity (Wildman–Crippen MR) is 128 cm³/mol. The molecule has 4 atom stereocenters. The van der Waals surface area contributed by atoms with E-state index >= 15 is 4.39 Å². The molecule has 1 aromatic carbocycles. The topological polar surface area (TPSA) is 105 Å². The number of halogens is 4. The second-order valence-electron chi connectivity index (χ2n) is 10.0. The fourth-order valence-electron chi connectivity index (χ4n) is 4.65. The summed E-state index contributed by atoms with van der Waals surface area (Å²) in [4.78, 5) is 12.8. The number of nitrogens with zero attached hydrogens (tertiary/aromatic N) is 4. The number of alkyl halides is 2. The number of aromatic nitrogens is 4. The Morgan fingerprint density at radius 3 is 2.67 bits per heavy atom. The van der Waals surface area contributed by atoms with Crippen LogP contribution in [0.2, 0.25) is 5.02 Å². The highest BCUT2D eigenvalue weighted by Crippen LogP contribution is 2.55. The van der Waals surface area contributed by atoms with E-state index < -0.39 is 35.9 Å². The number of nitrogens with one attached hydrogen (secondary N) is 1. The first kappa shape index (κ1) is 25.2. The van der Waals surface area contributed by atoms with Gasteiger partial charge >= 0.3 is 0 Å². The Kier molecular flexibility index (Phi) is 6.18. The zero-order valence-corrected chi connectivity index (χ0v) is 20.7. The summed E-state index contributed by atoms with van der Waals surface area (Å²) in [6, 6.07) is 1.05. The van der Waals surface area contributed by atoms with Gasteiger partial charge in [-0.15, -0.1) is 0 Å². The van der Waals surface area contributed by atoms with Gasteiger partial charge in [-0.2, -0.15) is 0 Å². The molecule has 1 saturated heterocycles. The molecule has 194 valence electrons. The maximum atomic E-state index is 15.2. The number of aliphatic hydroxyl groups is 2. The molecule has 12 heteroatoms. The number of fused-ring (bicyclic) bond motifs is 1. The van der Waals surface area contributed by atoms with Crippen molar-refractivity contribution < 1.29 is 28.1 Å². The van der Waals surface area contributed by atoms with E-state index in [4.69, 9.17) is 16.3 Å². The molecule has 3 N–H and O–H groups in total. The van der Waals surface area contributed by atoms with Crippen molar-refractivity contribution in [3.05, 3.63) is 35.0 Å². The number of aliphatic hydroxyl groups excluding tert-OH is 1. The molecular formula is C24H27ClF3N5O3. The third-order valence-corrected chi connectivity index (χ3v) is 6.94. The van der Waals surface area contributed by atoms with Gasteiger partial charge in [-0.1, -0.05) is 11.6 Å². The van der Waals surface area contributed by atoms with Gasteiger partial charge in [0, 0.05) is 18.6 Å². The van der Waals surface area contributed by atoms with Crippen LogP contribution in [0.3, 0.4) is 0 Å². The standard InChI is InChI=1S/C24H27ClF3N5O3/c1-11-20(34)15(5-4-6-36-11)30-22-29-10-13(25)18(32-22)12-7-14(26)19-16(8-12)33(17-9-24(17,27)28)21(31-19)23(2,3)35/h7-8,10-11,15,17,20,34-35H,4-6,9H2,1-3H3,(H,29,30,32)/t11-,15-,17-,20-/m1/s1. The van der Waals surface area contributed by atoms with Crippen molar-refractivity contribution in [3.63, 3.8) is 0 Å². The molecule has 8 nitrogen and oxygen atoms in total. The van der Waals surface area contributed by atoms with Crippen molar-refractivity contribution in [1.82, 2.24) is 19.5 Å². The van der Waals surface area contributed by atoms with Crippen molar-refractivity contribution >= 4 is 28.6 Å². The molecule has 5 rings (SSSR count). The van der Waals surface area contributed by atoms with E-state index in [1.807, 2.05) is 0 Å². The Labute approximate surface area is 210 Å². The third-order valence-electron chi connectivity index (χ3n) is 6.67. The van der Waals surface area contributed by atoms with Crippen LogP contribution in [-0.2, 0) is 10.3 Å². The lowest BCUT2D eigenvalue weighted by molar-refractivity contribution is -0.0174. The first-order chi connectivity index (χ1) is 16.9. The van der Waals surface area contributed by atoms with Crippen molar-refractivity contribution in [2.45, 2.75) is 75.8 Å². The highest BCUT2D eigenvalue weighted by molar-refractivity contribution is 6.33. The van der Waals surface area contributed by atoms with Crippen LogP contribution in [-0.4, -0.2) is 60.5 Å². The van der Waals surface area contributed by atoms with Crippen molar-refractivity contribution in [1.29, 1.82) is 0 Å². The normalized spacial score (nSPS) is 26.1. The van der Waals surface area contributed by atoms with Gasteiger partial charge in [0.1, 0.15) is 23.0 Å². The molecule has 0 radical (unpaired) electrons. The van der Waals surface area contributed by atoms with Crippen molar-refractivity contribution in [2.75, 3.05) is 11.9 Å². The van der Waals surface area contributed by atoms with E-state index in [1.165, 1.54) is 36.7 Å². The van der Waals surface area contributed by atoms with Gasteiger partial charge in [-0.25, -0.2) is 28.1 Å². The number of ether oxygens (including phenoxy) is 1. The first-order valence-corrected chi connectivity index (χ1v) is 12.2. The van der Waals surface area contributed by atoms with Crippen molar-refractivity contribution in [2.24, 2.45) is 0 Å². The minimum Gasteiger partial charge on any atom is -0.388 e. The molecule has 1 aliphatic heterocycles. The van der Waals surface area contributed by atoms with Crippen LogP contribution >= 0.6 is 11.6 Å². The number of benzene rings is 1. The minimum atomic E-state index is -2.98. The smallest absolute Gasteiger partial charge is 0.270 e. The number of anilines is 1. The molecule has 0 bridgehead atoms. The molecule has 36 heavy (non-hydrogen) atoms. The van der Waals surface area contributed by atoms with Gasteiger partial charge in [-0.3, -0.25) is 0 Å². The van der Waals surface area contributed by atoms with Crippen LogP contribution in [0.4, 0.5) is 19.1 Å². The second kappa shape index (κ2) is 8.83. The molecule has 2 fully saturated rings. The van der Waals surface area contributed by atoms with E-state index in [1.54, 1.807) is 6.92 Å². The molecule has 0 amide bonds. The summed E-state index contributed by atoms with van der Waals surface area (Å²) in [7, 11) is 0. The van der Waals surface area contributed by atoms with E-state index in [-0.39, 0.29) is 51.2 Å². The highest BCUT2D eigenvalue weighted by atomic mass is 35.5. The predicted octanol–water partition coefficient (Wildman–Crippen LogP) is 4.43. The summed E-state index contributed by atoms with van der Waals surface area (Å²) in [6.45, 7) is 5.14. The van der Waals surface area contributed by atoms with Gasteiger partial charge in [-0.05, 0) is 45.7 Å². The Morgan fingerprint density at radius 1 is 1.28 bits per heavy atom. The number of hydrogen-bond donors (Lipinski definition) is 3. The molecule has 0 unspecified atom stereocenters. The highest BCUT2D eigenvalue weighted by Gasteiger charge is 2.60. The van der Waals surface area contributed by atoms with E-state index in [0.29, 0.717) is 13.0 Å². The molecule has 2 aliphatic rings. The number of hydrogen-bond acceptors (Lipinski definition) is 7. The maximum Gasteiger partial charge on any atom is 0.270 e. The average Bonchev–Trinajstić information content (AvgIpc) is 3.29. The summed E-state index contributed by atoms with van der Waals surface area (Å²) in [5.74, 6) is -3.62. The Bertz CT molecular complexity index is 1310. The summed E-state index contributed by atoms with van der Waals surface area (Å²) in [5.41, 5.74) is -1.17. The van der Waals surface area contributed by atoms with E-state index in [9.17, 15) is 19.0 Å². The lowest BCUT2D eigenvalue weighted by atomic mass is 10.0. The van der Waals surface area contributed by atoms with Gasteiger partial charge in [0.2, 0.25) is 5.95 Å². The average molecular weight is 526 g/mol. The summed E-state index contributed by atoms with van der Waals surface area (Å²) >= 11 is 6.37. The first-order valence-electron chi connectivity index (χ1n) is 11.8. The van der Waals surface area contributed by atoms with Gasteiger partial charge in [0.15, 0.2) is 5.82 Å². The zero-order valence-electron chi connectivity index (χ0n) is 20.0. The largest absolute Gasteiger partial charge is 0.388 e. The zero-order chi connectivity index (χ0) is 26.0. The Morgan fingerprint density at radius 2 is 2.00 bits per heavy atom. The maximum absolute atomic E-state index is 15.2. The lowest BCUT2D eigenvalue weighted by Gasteiger charge is -2.25. The van der Waals surface area contributed by atoms with Gasteiger partial charge in [0.05, 0.1) is 40.7 Å². The number of imidazole rings is 1. The molecule has 3 aromatic rings. The summed E-state index contributed by atoms with van der Waals surface area (Å²) in [6.07, 6.45) is 1.12. The second-order valence-corrected chi connectivity index (χ2v) is 10.4. The number of rotatable bonds is 5. The van der Waals surface area contributed by atoms with E-state index in [0.717, 1.165) is 6.42 Å². The molecule has 3 heterocycles. The third kappa shape index (κ3) is 4.53. The summed E-state index contributed by atoms with van der Waals surface area (Å²) in [5, 5.41) is 24.4. The Hall–Kier alpha value is -2.47. The molecular weight excluding hydrogens is 499 g/mol. The van der Waals surface area contributed by atoms with Crippen LogP contribution in [0.1, 0.15) is 51.9 Å². The van der Waals surface area contributed by atoms with Crippen LogP contribution < -0.4 is 5.32 Å². The van der Waals surface area contributed by atoms with Crippen LogP contribution in [0, 0.1) is 5.82 Å². The van der Waals surface area contributed by atoms with E-state index in [2.05, 4.69) is 20.3 Å². The molecule has 2 aromatic heterocycles. The SMILES string of the molecule is C[C@H]1OCCC[C@@H](Nc2ncc(Cl)c(-c3cc(F)c4nc(C(C)(C)O)n([C@@H]5CC5(F)F)c4c3)n2)[C@@H]1O. The minimum absolute atomic E-state index is 0.0504. The van der Waals surface area contributed by atoms with Crippen molar-refractivity contribution in [3.8, 4) is 11.3 Å². The molecule has 1 saturated carbocycles. The summed E-state index contributed by atoms with van der Waals surface area (Å²) < 4.78 is 50.2. The van der Waals surface area contributed by atoms with Crippen LogP contribution in [0.5, 0.6) is 0 Å². The molecule has 1 aliphatic carbocycles. The fourth-order valence-corrected chi connectivity index (χ4v) is 4.85. The molecule has 0 spiro atoms. The Balaban J connectivity index is 1.58. The van der Waals surface area contributed by atoms with Gasteiger partial charge in [0.25, 0.3) is 5.92 Å². The van der Waals surface area contributed by atoms with Gasteiger partial charge < -0.3 is 24.8 Å². The monoisotopic (exact) mass is 525 g/mol. The van der Waals surface area contributed by atoms with Crippen LogP contribution in [0.15, 0.2) is 18.3 Å². The lowest BCUT2D eigenvalue weighted by Crippen LogP contribution is -2.40.